The van der Waals surface area contributed by atoms with Gasteiger partial charge in [0.2, 0.25) is 11.8 Å². The van der Waals surface area contributed by atoms with E-state index in [9.17, 15) is 24.3 Å². The lowest BCUT2D eigenvalue weighted by molar-refractivity contribution is -0.143. The van der Waals surface area contributed by atoms with Gasteiger partial charge in [0.05, 0.1) is 26.1 Å². The number of allylic oxidation sites excluding steroid dienone is 6. The number of methoxy groups -OCH3 is 2. The van der Waals surface area contributed by atoms with Gasteiger partial charge in [0.15, 0.2) is 11.6 Å². The number of likely N-dealkylation sites (tertiary alicyclic amines) is 1. The molecule has 2 amide bonds. The molecule has 8 heteroatoms. The second-order valence-corrected chi connectivity index (χ2v) is 11.3. The Bertz CT molecular complexity index is 1370. The highest BCUT2D eigenvalue weighted by molar-refractivity contribution is 6.24. The molecule has 5 aliphatic rings. The van der Waals surface area contributed by atoms with E-state index in [2.05, 4.69) is 0 Å². The van der Waals surface area contributed by atoms with Crippen LogP contribution in [0.1, 0.15) is 63.4 Å². The molecule has 1 aromatic rings. The molecule has 1 aromatic carbocycles. The first kappa shape index (κ1) is 25.6. The summed E-state index contributed by atoms with van der Waals surface area (Å²) in [5.74, 6) is -2.33. The first-order valence-electron chi connectivity index (χ1n) is 13.8. The predicted octanol–water partition coefficient (Wildman–Crippen LogP) is 4.17. The summed E-state index contributed by atoms with van der Waals surface area (Å²) in [4.78, 5) is 56.2. The van der Waals surface area contributed by atoms with Crippen molar-refractivity contribution in [2.24, 2.45) is 17.8 Å². The molecule has 0 spiro atoms. The summed E-state index contributed by atoms with van der Waals surface area (Å²) in [5.41, 5.74) is 2.45. The number of ether oxygens (including phenoxy) is 2. The van der Waals surface area contributed by atoms with Crippen LogP contribution in [0.4, 0.5) is 0 Å². The third kappa shape index (κ3) is 3.79. The number of rotatable bonds is 4. The summed E-state index contributed by atoms with van der Waals surface area (Å²) in [6.07, 6.45) is 8.78. The van der Waals surface area contributed by atoms with Crippen molar-refractivity contribution in [3.8, 4) is 17.2 Å². The van der Waals surface area contributed by atoms with Crippen molar-refractivity contribution in [3.05, 3.63) is 52.1 Å². The number of hydrogen-bond acceptors (Lipinski definition) is 7. The van der Waals surface area contributed by atoms with E-state index in [4.69, 9.17) is 9.47 Å². The Kier molecular flexibility index (Phi) is 6.24. The second-order valence-electron chi connectivity index (χ2n) is 11.3. The number of phenols is 1. The van der Waals surface area contributed by atoms with Crippen molar-refractivity contribution in [1.82, 2.24) is 4.90 Å². The summed E-state index contributed by atoms with van der Waals surface area (Å²) in [5, 5.41) is 10.3. The number of carbonyl (C=O) groups is 4. The molecule has 39 heavy (non-hydrogen) atoms. The second kappa shape index (κ2) is 9.50. The molecule has 0 aromatic heterocycles. The fourth-order valence-corrected chi connectivity index (χ4v) is 7.63. The summed E-state index contributed by atoms with van der Waals surface area (Å²) in [6.45, 7) is 1.63. The average molecular weight is 532 g/mol. The topological polar surface area (TPSA) is 110 Å². The smallest absolute Gasteiger partial charge is 0.233 e. The van der Waals surface area contributed by atoms with Gasteiger partial charge in [-0.15, -0.1) is 0 Å². The number of Topliss-reactive ketones (excluding diaryl/α,β-unsaturated/α-hetero) is 1. The Morgan fingerprint density at radius 1 is 0.923 bits per heavy atom. The monoisotopic (exact) mass is 531 g/mol. The lowest BCUT2D eigenvalue weighted by Crippen LogP contribution is -2.43. The molecule has 0 bridgehead atoms. The summed E-state index contributed by atoms with van der Waals surface area (Å²) >= 11 is 0. The van der Waals surface area contributed by atoms with E-state index in [1.54, 1.807) is 6.92 Å². The minimum Gasteiger partial charge on any atom is -0.508 e. The van der Waals surface area contributed by atoms with Gasteiger partial charge in [-0.2, -0.15) is 0 Å². The Balaban J connectivity index is 1.52. The third-order valence-electron chi connectivity index (χ3n) is 9.36. The molecule has 8 nitrogen and oxygen atoms in total. The highest BCUT2D eigenvalue weighted by atomic mass is 16.5. The fourth-order valence-electron chi connectivity index (χ4n) is 7.63. The van der Waals surface area contributed by atoms with E-state index in [1.165, 1.54) is 37.3 Å². The van der Waals surface area contributed by atoms with Crippen LogP contribution in [0.15, 0.2) is 46.6 Å². The SMILES string of the molecule is COc1cc(O)cc(OC)c1C1C2=CCC3C(=O)N(C4CCCCC4)C(=O)C3C2CC2=C1C(=O)C(C)=CC2=O. The zero-order valence-corrected chi connectivity index (χ0v) is 22.5. The Hall–Kier alpha value is -3.68. The summed E-state index contributed by atoms with van der Waals surface area (Å²) in [7, 11) is 2.94. The number of carbonyl (C=O) groups excluding carboxylic acids is 4. The number of ketones is 2. The van der Waals surface area contributed by atoms with E-state index >= 15 is 0 Å². The zero-order chi connectivity index (χ0) is 27.6. The number of hydrogen-bond donors (Lipinski definition) is 1. The van der Waals surface area contributed by atoms with Gasteiger partial charge in [-0.05, 0) is 44.6 Å². The third-order valence-corrected chi connectivity index (χ3v) is 9.36. The van der Waals surface area contributed by atoms with Crippen molar-refractivity contribution in [3.63, 3.8) is 0 Å². The molecule has 6 rings (SSSR count). The van der Waals surface area contributed by atoms with Crippen LogP contribution in [-0.4, -0.2) is 53.6 Å². The van der Waals surface area contributed by atoms with Crippen molar-refractivity contribution in [2.45, 2.75) is 63.8 Å². The highest BCUT2D eigenvalue weighted by Crippen LogP contribution is 2.58. The molecule has 1 aliphatic heterocycles. The zero-order valence-electron chi connectivity index (χ0n) is 22.5. The number of fused-ring (bicyclic) bond motifs is 3. The average Bonchev–Trinajstić information content (AvgIpc) is 3.20. The normalized spacial score (nSPS) is 29.1. The lowest BCUT2D eigenvalue weighted by atomic mass is 9.59. The van der Waals surface area contributed by atoms with Gasteiger partial charge in [-0.1, -0.05) is 30.9 Å². The first-order chi connectivity index (χ1) is 18.8. The summed E-state index contributed by atoms with van der Waals surface area (Å²) in [6, 6.07) is 2.85. The summed E-state index contributed by atoms with van der Waals surface area (Å²) < 4.78 is 11.3. The van der Waals surface area contributed by atoms with Gasteiger partial charge in [-0.3, -0.25) is 24.1 Å². The molecule has 1 N–H and O–H groups in total. The number of phenolic OH excluding ortho intramolecular Hbond substituents is 1. The van der Waals surface area contributed by atoms with Gasteiger partial charge < -0.3 is 14.6 Å². The molecule has 4 atom stereocenters. The van der Waals surface area contributed by atoms with Crippen LogP contribution in [0.2, 0.25) is 0 Å². The Labute approximate surface area is 227 Å². The molecule has 4 unspecified atom stereocenters. The van der Waals surface area contributed by atoms with Gasteiger partial charge >= 0.3 is 0 Å². The van der Waals surface area contributed by atoms with Crippen molar-refractivity contribution in [2.75, 3.05) is 14.2 Å². The largest absolute Gasteiger partial charge is 0.508 e. The van der Waals surface area contributed by atoms with Crippen molar-refractivity contribution < 1.29 is 33.8 Å². The molecular formula is C31H33NO7. The molecule has 1 saturated heterocycles. The molecular weight excluding hydrogens is 498 g/mol. The van der Waals surface area contributed by atoms with E-state index in [0.29, 0.717) is 40.2 Å². The van der Waals surface area contributed by atoms with Crippen LogP contribution in [0.5, 0.6) is 17.2 Å². The molecule has 204 valence electrons. The molecule has 1 heterocycles. The lowest BCUT2D eigenvalue weighted by Gasteiger charge is -2.42. The van der Waals surface area contributed by atoms with Gasteiger partial charge in [0.25, 0.3) is 0 Å². The van der Waals surface area contributed by atoms with Crippen LogP contribution < -0.4 is 9.47 Å². The van der Waals surface area contributed by atoms with E-state index in [1.807, 2.05) is 6.08 Å². The maximum atomic E-state index is 14.0. The Morgan fingerprint density at radius 3 is 2.23 bits per heavy atom. The van der Waals surface area contributed by atoms with Crippen LogP contribution in [0.3, 0.4) is 0 Å². The van der Waals surface area contributed by atoms with Crippen molar-refractivity contribution >= 4 is 23.4 Å². The minimum atomic E-state index is -0.711. The standard InChI is InChI=1S/C31H33NO7/c1-15-11-22(34)21-14-20-18(9-10-19-25(20)31(37)32(30(19)36)16-7-5-4-6-8-16)26(27(21)29(15)35)28-23(38-2)12-17(33)13-24(28)39-3/h9,11-13,16,19-20,25-26,33H,4-8,10,14H2,1-3H3. The Morgan fingerprint density at radius 2 is 1.59 bits per heavy atom. The van der Waals surface area contributed by atoms with E-state index in [-0.39, 0.29) is 41.6 Å². The van der Waals surface area contributed by atoms with E-state index < -0.39 is 23.7 Å². The van der Waals surface area contributed by atoms with Crippen LogP contribution in [0.25, 0.3) is 0 Å². The van der Waals surface area contributed by atoms with Gasteiger partial charge in [0.1, 0.15) is 17.2 Å². The quantitative estimate of drug-likeness (QED) is 0.353. The number of nitrogens with zero attached hydrogens (tertiary/aromatic N) is 1. The first-order valence-corrected chi connectivity index (χ1v) is 13.8. The maximum absolute atomic E-state index is 14.0. The van der Waals surface area contributed by atoms with Crippen molar-refractivity contribution in [1.29, 1.82) is 0 Å². The molecule has 2 fully saturated rings. The number of benzene rings is 1. The minimum absolute atomic E-state index is 0.0616. The highest BCUT2D eigenvalue weighted by Gasteiger charge is 2.57. The molecule has 1 saturated carbocycles. The number of aromatic hydroxyl groups is 1. The van der Waals surface area contributed by atoms with E-state index in [0.717, 1.165) is 37.7 Å². The van der Waals surface area contributed by atoms with Crippen LogP contribution in [-0.2, 0) is 19.2 Å². The number of imide groups is 1. The predicted molar refractivity (Wildman–Crippen MR) is 141 cm³/mol. The maximum Gasteiger partial charge on any atom is 0.233 e. The van der Waals surface area contributed by atoms with Gasteiger partial charge in [0, 0.05) is 46.4 Å². The van der Waals surface area contributed by atoms with Crippen LogP contribution >= 0.6 is 0 Å². The molecule has 4 aliphatic carbocycles. The fraction of sp³-hybridized carbons (Fsp3) is 0.484. The number of amides is 2. The van der Waals surface area contributed by atoms with Gasteiger partial charge in [-0.25, -0.2) is 0 Å². The molecule has 0 radical (unpaired) electrons. The van der Waals surface area contributed by atoms with Crippen LogP contribution in [0, 0.1) is 17.8 Å².